The van der Waals surface area contributed by atoms with Crippen LogP contribution >= 0.6 is 0 Å². The molecule has 1 aromatic carbocycles. The maximum absolute atomic E-state index is 13.0. The van der Waals surface area contributed by atoms with Crippen LogP contribution in [0.1, 0.15) is 68.9 Å². The molecule has 6 unspecified atom stereocenters. The molecule has 1 aromatic heterocycles. The van der Waals surface area contributed by atoms with Gasteiger partial charge in [0.15, 0.2) is 16.9 Å². The van der Waals surface area contributed by atoms with Crippen molar-refractivity contribution in [3.05, 3.63) is 23.5 Å². The Morgan fingerprint density at radius 3 is 2.59 bits per heavy atom. The van der Waals surface area contributed by atoms with Gasteiger partial charge in [-0.1, -0.05) is 12.8 Å². The summed E-state index contributed by atoms with van der Waals surface area (Å²) in [7, 11) is 1.41. The number of hydrogen-bond donors (Lipinski definition) is 6. The number of nitrogens with one attached hydrogen (secondary N) is 1. The van der Waals surface area contributed by atoms with Gasteiger partial charge in [-0.3, -0.25) is 9.59 Å². The molecule has 6 N–H and O–H groups in total. The third-order valence-electron chi connectivity index (χ3n) is 9.51. The first-order chi connectivity index (χ1) is 21.1. The number of benzene rings is 1. The van der Waals surface area contributed by atoms with E-state index in [2.05, 4.69) is 5.32 Å². The number of amides is 1. The van der Waals surface area contributed by atoms with Crippen molar-refractivity contribution in [2.45, 2.75) is 94.4 Å². The van der Waals surface area contributed by atoms with Crippen molar-refractivity contribution in [2.24, 2.45) is 5.41 Å². The molecule has 1 aliphatic carbocycles. The molecule has 2 aliphatic heterocycles. The van der Waals surface area contributed by atoms with Crippen LogP contribution in [0.15, 0.2) is 16.7 Å². The number of hydrogen-bond acceptors (Lipinski definition) is 12. The van der Waals surface area contributed by atoms with Crippen molar-refractivity contribution in [3.63, 3.8) is 0 Å². The predicted octanol–water partition coefficient (Wildman–Crippen LogP) is 1.03. The monoisotopic (exact) mass is 621 g/mol. The number of methoxy groups -OCH3 is 1. The van der Waals surface area contributed by atoms with Crippen LogP contribution in [-0.2, 0) is 25.5 Å². The number of ether oxygens (including phenoxy) is 4. The summed E-state index contributed by atoms with van der Waals surface area (Å²) in [5.74, 6) is -0.332. The van der Waals surface area contributed by atoms with E-state index >= 15 is 0 Å². The van der Waals surface area contributed by atoms with Gasteiger partial charge in [0.1, 0.15) is 18.3 Å². The molecular formula is C31H43NO12. The van der Waals surface area contributed by atoms with Crippen molar-refractivity contribution in [2.75, 3.05) is 33.5 Å². The molecule has 3 heterocycles. The summed E-state index contributed by atoms with van der Waals surface area (Å²) in [6, 6.07) is 1.81. The van der Waals surface area contributed by atoms with E-state index in [1.54, 1.807) is 19.3 Å². The van der Waals surface area contributed by atoms with Crippen molar-refractivity contribution >= 4 is 22.8 Å². The zero-order valence-corrected chi connectivity index (χ0v) is 25.1. The molecule has 1 saturated carbocycles. The standard InChI is InChI=1S/C31H43NO12/c1-3-41-22(35)8-7-17-13-18-19(20-14-32-28(38)30(20)9-4-5-10-30)16-42-25(18)26(40-2)24(17)44-29-31(39,11-6-12-33)27(37)23(36)21(15-34)43-29/h13,16,20-21,23,27,29,33-34,36-37,39H,3-12,14-15H2,1-2H3,(H,32,38). The predicted molar refractivity (Wildman–Crippen MR) is 154 cm³/mol. The molecule has 3 aliphatic rings. The summed E-state index contributed by atoms with van der Waals surface area (Å²) in [5.41, 5.74) is -1.09. The lowest BCUT2D eigenvalue weighted by atomic mass is 9.72. The Hall–Kier alpha value is -2.94. The lowest BCUT2D eigenvalue weighted by Crippen LogP contribution is -2.68. The van der Waals surface area contributed by atoms with Gasteiger partial charge in [-0.05, 0) is 50.7 Å². The van der Waals surface area contributed by atoms with Crippen LogP contribution in [0.2, 0.25) is 0 Å². The third-order valence-corrected chi connectivity index (χ3v) is 9.51. The van der Waals surface area contributed by atoms with Gasteiger partial charge in [0.25, 0.3) is 0 Å². The number of aryl methyl sites for hydroxylation is 1. The average molecular weight is 622 g/mol. The summed E-state index contributed by atoms with van der Waals surface area (Å²) < 4.78 is 29.1. The molecule has 0 radical (unpaired) electrons. The largest absolute Gasteiger partial charge is 0.490 e. The number of furan rings is 1. The Morgan fingerprint density at radius 1 is 1.18 bits per heavy atom. The van der Waals surface area contributed by atoms with E-state index in [1.807, 2.05) is 0 Å². The highest BCUT2D eigenvalue weighted by Crippen LogP contribution is 2.54. The Kier molecular flexibility index (Phi) is 9.73. The van der Waals surface area contributed by atoms with E-state index in [1.165, 1.54) is 7.11 Å². The molecule has 2 saturated heterocycles. The fourth-order valence-corrected chi connectivity index (χ4v) is 7.16. The minimum atomic E-state index is -2.19. The number of aliphatic hydroxyl groups excluding tert-OH is 4. The Labute approximate surface area is 255 Å². The summed E-state index contributed by atoms with van der Waals surface area (Å²) in [5, 5.41) is 56.0. The van der Waals surface area contributed by atoms with Crippen molar-refractivity contribution in [1.29, 1.82) is 0 Å². The second-order valence-electron chi connectivity index (χ2n) is 12.0. The molecule has 13 heteroatoms. The van der Waals surface area contributed by atoms with Crippen molar-refractivity contribution < 1.29 is 58.5 Å². The minimum Gasteiger partial charge on any atom is -0.490 e. The number of esters is 1. The smallest absolute Gasteiger partial charge is 0.306 e. The molecule has 0 bridgehead atoms. The Balaban J connectivity index is 1.61. The normalized spacial score (nSPS) is 29.7. The summed E-state index contributed by atoms with van der Waals surface area (Å²) in [6.07, 6.45) is -1.27. The SMILES string of the molecule is CCOC(=O)CCc1cc2c(C3CNC(=O)C34CCCC4)coc2c(OC)c1OC1OC(CO)C(O)C(O)C1(O)CCCO. The van der Waals surface area contributed by atoms with Crippen LogP contribution < -0.4 is 14.8 Å². The fourth-order valence-electron chi connectivity index (χ4n) is 7.16. The van der Waals surface area contributed by atoms with Gasteiger partial charge in [0.05, 0.1) is 32.0 Å². The summed E-state index contributed by atoms with van der Waals surface area (Å²) in [4.78, 5) is 25.4. The molecule has 5 rings (SSSR count). The fraction of sp³-hybridized carbons (Fsp3) is 0.677. The maximum atomic E-state index is 13.0. The second-order valence-corrected chi connectivity index (χ2v) is 12.0. The Morgan fingerprint density at radius 2 is 1.93 bits per heavy atom. The number of rotatable bonds is 12. The van der Waals surface area contributed by atoms with Crippen LogP contribution in [0, 0.1) is 5.41 Å². The zero-order valence-electron chi connectivity index (χ0n) is 25.1. The first-order valence-corrected chi connectivity index (χ1v) is 15.3. The molecule has 6 atom stereocenters. The second kappa shape index (κ2) is 13.2. The molecule has 244 valence electrons. The van der Waals surface area contributed by atoms with Gasteiger partial charge >= 0.3 is 5.97 Å². The Bertz CT molecular complexity index is 1340. The molecule has 13 nitrogen and oxygen atoms in total. The lowest BCUT2D eigenvalue weighted by Gasteiger charge is -2.47. The number of carbonyl (C=O) groups is 2. The molecule has 44 heavy (non-hydrogen) atoms. The topological polar surface area (TPSA) is 197 Å². The van der Waals surface area contributed by atoms with E-state index < -0.39 is 48.2 Å². The average Bonchev–Trinajstić information content (AvgIpc) is 3.75. The summed E-state index contributed by atoms with van der Waals surface area (Å²) >= 11 is 0. The number of carbonyl (C=O) groups excluding carboxylic acids is 2. The zero-order chi connectivity index (χ0) is 31.6. The van der Waals surface area contributed by atoms with Crippen molar-refractivity contribution in [3.8, 4) is 11.5 Å². The van der Waals surface area contributed by atoms with Gasteiger partial charge in [0.2, 0.25) is 17.9 Å². The van der Waals surface area contributed by atoms with Crippen LogP contribution in [0.3, 0.4) is 0 Å². The van der Waals surface area contributed by atoms with E-state index in [-0.39, 0.29) is 62.2 Å². The minimum absolute atomic E-state index is 0.0135. The highest BCUT2D eigenvalue weighted by molar-refractivity contribution is 5.93. The maximum Gasteiger partial charge on any atom is 0.306 e. The highest BCUT2D eigenvalue weighted by Gasteiger charge is 2.56. The number of aliphatic hydroxyl groups is 5. The van der Waals surface area contributed by atoms with Crippen molar-refractivity contribution in [1.82, 2.24) is 5.32 Å². The number of fused-ring (bicyclic) bond motifs is 1. The molecule has 2 aromatic rings. The van der Waals surface area contributed by atoms with Crippen LogP contribution in [0.4, 0.5) is 0 Å². The molecular weight excluding hydrogens is 578 g/mol. The van der Waals surface area contributed by atoms with Gasteiger partial charge in [-0.15, -0.1) is 0 Å². The first-order valence-electron chi connectivity index (χ1n) is 15.3. The van der Waals surface area contributed by atoms with Crippen LogP contribution in [0.5, 0.6) is 11.5 Å². The summed E-state index contributed by atoms with van der Waals surface area (Å²) in [6.45, 7) is 1.40. The van der Waals surface area contributed by atoms with E-state index in [4.69, 9.17) is 23.4 Å². The van der Waals surface area contributed by atoms with Gasteiger partial charge < -0.3 is 54.2 Å². The molecule has 1 spiro atoms. The van der Waals surface area contributed by atoms with E-state index in [0.717, 1.165) is 31.2 Å². The quantitative estimate of drug-likeness (QED) is 0.184. The molecule has 3 fully saturated rings. The van der Waals surface area contributed by atoms with Crippen LogP contribution in [-0.4, -0.2) is 101 Å². The first kappa shape index (κ1) is 32.5. The van der Waals surface area contributed by atoms with E-state index in [9.17, 15) is 35.1 Å². The van der Waals surface area contributed by atoms with E-state index in [0.29, 0.717) is 23.1 Å². The third kappa shape index (κ3) is 5.54. The van der Waals surface area contributed by atoms with Gasteiger partial charge in [0, 0.05) is 36.4 Å². The highest BCUT2D eigenvalue weighted by atomic mass is 16.7. The lowest BCUT2D eigenvalue weighted by molar-refractivity contribution is -0.322. The van der Waals surface area contributed by atoms with Gasteiger partial charge in [-0.25, -0.2) is 0 Å². The van der Waals surface area contributed by atoms with Gasteiger partial charge in [-0.2, -0.15) is 0 Å². The van der Waals surface area contributed by atoms with Crippen LogP contribution in [0.25, 0.3) is 11.0 Å². The molecule has 1 amide bonds.